The number of rotatable bonds is 5. The summed E-state index contributed by atoms with van der Waals surface area (Å²) in [5.41, 5.74) is 0.810. The van der Waals surface area contributed by atoms with Crippen molar-refractivity contribution in [1.82, 2.24) is 5.32 Å². The van der Waals surface area contributed by atoms with E-state index in [-0.39, 0.29) is 12.5 Å². The SMILES string of the molecule is CSc1ccc(C(O)CNC(=O)c2cccs2)cc1. The number of thioether (sulfide) groups is 1. The molecule has 100 valence electrons. The molecule has 1 atom stereocenters. The number of nitrogens with one attached hydrogen (secondary N) is 1. The van der Waals surface area contributed by atoms with Gasteiger partial charge in [0, 0.05) is 11.4 Å². The Morgan fingerprint density at radius 3 is 2.68 bits per heavy atom. The summed E-state index contributed by atoms with van der Waals surface area (Å²) in [6.07, 6.45) is 1.33. The zero-order valence-corrected chi connectivity index (χ0v) is 12.1. The molecule has 2 N–H and O–H groups in total. The van der Waals surface area contributed by atoms with Gasteiger partial charge in [-0.1, -0.05) is 18.2 Å². The third kappa shape index (κ3) is 3.83. The zero-order valence-electron chi connectivity index (χ0n) is 10.5. The summed E-state index contributed by atoms with van der Waals surface area (Å²) in [6, 6.07) is 11.3. The molecule has 1 aromatic heterocycles. The highest BCUT2D eigenvalue weighted by molar-refractivity contribution is 7.98. The van der Waals surface area contributed by atoms with E-state index in [1.54, 1.807) is 17.8 Å². The lowest BCUT2D eigenvalue weighted by Crippen LogP contribution is -2.27. The lowest BCUT2D eigenvalue weighted by molar-refractivity contribution is 0.0920. The standard InChI is InChI=1S/C14H15NO2S2/c1-18-11-6-4-10(5-7-11)12(16)9-15-14(17)13-3-2-8-19-13/h2-8,12,16H,9H2,1H3,(H,15,17). The Morgan fingerprint density at radius 2 is 2.11 bits per heavy atom. The van der Waals surface area contributed by atoms with Crippen LogP contribution in [0.2, 0.25) is 0 Å². The van der Waals surface area contributed by atoms with E-state index in [4.69, 9.17) is 0 Å². The van der Waals surface area contributed by atoms with Crippen LogP contribution in [0.15, 0.2) is 46.7 Å². The van der Waals surface area contributed by atoms with Gasteiger partial charge in [-0.05, 0) is 35.4 Å². The first-order valence-corrected chi connectivity index (χ1v) is 7.95. The first-order chi connectivity index (χ1) is 9.20. The summed E-state index contributed by atoms with van der Waals surface area (Å²) in [7, 11) is 0. The Balaban J connectivity index is 1.90. The predicted molar refractivity (Wildman–Crippen MR) is 79.8 cm³/mol. The molecule has 2 aromatic rings. The number of amides is 1. The van der Waals surface area contributed by atoms with Gasteiger partial charge < -0.3 is 10.4 Å². The third-order valence-electron chi connectivity index (χ3n) is 2.70. The van der Waals surface area contributed by atoms with E-state index in [1.807, 2.05) is 42.0 Å². The number of hydrogen-bond acceptors (Lipinski definition) is 4. The molecule has 1 amide bonds. The quantitative estimate of drug-likeness (QED) is 0.833. The maximum atomic E-state index is 11.7. The van der Waals surface area contributed by atoms with Gasteiger partial charge in [0.25, 0.3) is 5.91 Å². The number of thiophene rings is 1. The molecular weight excluding hydrogens is 278 g/mol. The molecule has 1 heterocycles. The maximum absolute atomic E-state index is 11.7. The highest BCUT2D eigenvalue weighted by Gasteiger charge is 2.11. The van der Waals surface area contributed by atoms with Crippen LogP contribution in [0.3, 0.4) is 0 Å². The van der Waals surface area contributed by atoms with Gasteiger partial charge in [0.05, 0.1) is 11.0 Å². The number of aliphatic hydroxyl groups excluding tert-OH is 1. The van der Waals surface area contributed by atoms with Crippen LogP contribution in [-0.2, 0) is 0 Å². The summed E-state index contributed by atoms with van der Waals surface area (Å²) < 4.78 is 0. The van der Waals surface area contributed by atoms with Crippen molar-refractivity contribution < 1.29 is 9.90 Å². The number of carbonyl (C=O) groups is 1. The molecule has 0 fully saturated rings. The Labute approximate surface area is 120 Å². The molecule has 0 saturated heterocycles. The summed E-state index contributed by atoms with van der Waals surface area (Å²) in [6.45, 7) is 0.218. The lowest BCUT2D eigenvalue weighted by Gasteiger charge is -2.12. The average molecular weight is 293 g/mol. The van der Waals surface area contributed by atoms with Crippen molar-refractivity contribution in [3.05, 3.63) is 52.2 Å². The Bertz CT molecular complexity index is 523. The summed E-state index contributed by atoms with van der Waals surface area (Å²) in [5, 5.41) is 14.6. The molecule has 1 unspecified atom stereocenters. The van der Waals surface area contributed by atoms with Gasteiger partial charge in [0.2, 0.25) is 0 Å². The molecule has 3 nitrogen and oxygen atoms in total. The largest absolute Gasteiger partial charge is 0.387 e. The van der Waals surface area contributed by atoms with E-state index in [9.17, 15) is 9.90 Å². The minimum Gasteiger partial charge on any atom is -0.387 e. The number of aliphatic hydroxyl groups is 1. The highest BCUT2D eigenvalue weighted by atomic mass is 32.2. The predicted octanol–water partition coefficient (Wildman–Crippen LogP) is 2.93. The van der Waals surface area contributed by atoms with Crippen molar-refractivity contribution in [2.24, 2.45) is 0 Å². The van der Waals surface area contributed by atoms with Crippen LogP contribution in [0.4, 0.5) is 0 Å². The third-order valence-corrected chi connectivity index (χ3v) is 4.31. The maximum Gasteiger partial charge on any atom is 0.261 e. The van der Waals surface area contributed by atoms with Crippen LogP contribution in [0.5, 0.6) is 0 Å². The number of carbonyl (C=O) groups excluding carboxylic acids is 1. The fourth-order valence-corrected chi connectivity index (χ4v) is 2.68. The van der Waals surface area contributed by atoms with Crippen LogP contribution in [0.1, 0.15) is 21.3 Å². The molecule has 1 aromatic carbocycles. The summed E-state index contributed by atoms with van der Waals surface area (Å²) >= 11 is 3.04. The van der Waals surface area contributed by atoms with Gasteiger partial charge in [0.15, 0.2) is 0 Å². The second-order valence-electron chi connectivity index (χ2n) is 3.98. The van der Waals surface area contributed by atoms with E-state index in [1.165, 1.54) is 11.3 Å². The van der Waals surface area contributed by atoms with Crippen molar-refractivity contribution in [3.8, 4) is 0 Å². The number of benzene rings is 1. The van der Waals surface area contributed by atoms with Crippen molar-refractivity contribution >= 4 is 29.0 Å². The van der Waals surface area contributed by atoms with Gasteiger partial charge >= 0.3 is 0 Å². The molecule has 0 bridgehead atoms. The second kappa shape index (κ2) is 6.75. The Kier molecular flexibility index (Phi) is 5.01. The Hall–Kier alpha value is -1.30. The molecule has 19 heavy (non-hydrogen) atoms. The highest BCUT2D eigenvalue weighted by Crippen LogP contribution is 2.18. The van der Waals surface area contributed by atoms with Gasteiger partial charge in [-0.15, -0.1) is 23.1 Å². The van der Waals surface area contributed by atoms with E-state index < -0.39 is 6.10 Å². The van der Waals surface area contributed by atoms with Crippen LogP contribution >= 0.6 is 23.1 Å². The molecule has 0 radical (unpaired) electrons. The van der Waals surface area contributed by atoms with Crippen LogP contribution in [0, 0.1) is 0 Å². The van der Waals surface area contributed by atoms with Gasteiger partial charge in [0.1, 0.15) is 0 Å². The molecule has 0 saturated carbocycles. The molecular formula is C14H15NO2S2. The first-order valence-electron chi connectivity index (χ1n) is 5.84. The van der Waals surface area contributed by atoms with Crippen molar-refractivity contribution in [2.45, 2.75) is 11.0 Å². The minimum atomic E-state index is -0.681. The summed E-state index contributed by atoms with van der Waals surface area (Å²) in [4.78, 5) is 13.5. The second-order valence-corrected chi connectivity index (χ2v) is 5.80. The van der Waals surface area contributed by atoms with E-state index in [0.29, 0.717) is 4.88 Å². The minimum absolute atomic E-state index is 0.144. The normalized spacial score (nSPS) is 12.1. The zero-order chi connectivity index (χ0) is 13.7. The molecule has 5 heteroatoms. The van der Waals surface area contributed by atoms with E-state index >= 15 is 0 Å². The smallest absolute Gasteiger partial charge is 0.261 e. The van der Waals surface area contributed by atoms with Gasteiger partial charge in [-0.2, -0.15) is 0 Å². The van der Waals surface area contributed by atoms with Crippen molar-refractivity contribution in [2.75, 3.05) is 12.8 Å². The fraction of sp³-hybridized carbons (Fsp3) is 0.214. The summed E-state index contributed by atoms with van der Waals surface area (Å²) in [5.74, 6) is -0.144. The molecule has 2 rings (SSSR count). The number of hydrogen-bond donors (Lipinski definition) is 2. The van der Waals surface area contributed by atoms with Gasteiger partial charge in [-0.25, -0.2) is 0 Å². The van der Waals surface area contributed by atoms with Crippen LogP contribution in [0.25, 0.3) is 0 Å². The lowest BCUT2D eigenvalue weighted by atomic mass is 10.1. The molecule has 0 aliphatic carbocycles. The molecule has 0 aliphatic rings. The van der Waals surface area contributed by atoms with Crippen molar-refractivity contribution in [1.29, 1.82) is 0 Å². The molecule has 0 aliphatic heterocycles. The fourth-order valence-electron chi connectivity index (χ4n) is 1.63. The topological polar surface area (TPSA) is 49.3 Å². The van der Waals surface area contributed by atoms with Crippen molar-refractivity contribution in [3.63, 3.8) is 0 Å². The molecule has 0 spiro atoms. The van der Waals surface area contributed by atoms with E-state index in [0.717, 1.165) is 10.5 Å². The Morgan fingerprint density at radius 1 is 1.37 bits per heavy atom. The monoisotopic (exact) mass is 293 g/mol. The van der Waals surface area contributed by atoms with Gasteiger partial charge in [-0.3, -0.25) is 4.79 Å². The first kappa shape index (κ1) is 14.1. The van der Waals surface area contributed by atoms with E-state index in [2.05, 4.69) is 5.32 Å². The average Bonchev–Trinajstić information content (AvgIpc) is 2.98. The van der Waals surface area contributed by atoms with Crippen LogP contribution in [-0.4, -0.2) is 23.8 Å². The van der Waals surface area contributed by atoms with Crippen LogP contribution < -0.4 is 5.32 Å².